The maximum Gasteiger partial charge on any atom is 0.270 e. The average molecular weight is 424 g/mol. The number of nitro benzene ring substituents is 1. The lowest BCUT2D eigenvalue weighted by atomic mass is 9.99. The number of benzene rings is 1. The van der Waals surface area contributed by atoms with Crippen LogP contribution in [0.2, 0.25) is 0 Å². The first-order chi connectivity index (χ1) is 15.0. The van der Waals surface area contributed by atoms with Gasteiger partial charge in [-0.3, -0.25) is 14.9 Å². The molecule has 2 aliphatic rings. The number of hydrogen-bond acceptors (Lipinski definition) is 6. The third kappa shape index (κ3) is 4.95. The van der Waals surface area contributed by atoms with Crippen molar-refractivity contribution >= 4 is 23.1 Å². The summed E-state index contributed by atoms with van der Waals surface area (Å²) in [5.74, 6) is 1.43. The normalized spacial score (nSPS) is 17.1. The molecule has 0 radical (unpaired) electrons. The number of aromatic nitrogens is 1. The molecule has 4 rings (SSSR count). The Morgan fingerprint density at radius 3 is 2.52 bits per heavy atom. The minimum atomic E-state index is -0.464. The molecule has 1 aromatic heterocycles. The van der Waals surface area contributed by atoms with Crippen LogP contribution in [0.5, 0.6) is 0 Å². The van der Waals surface area contributed by atoms with Gasteiger partial charge in [-0.1, -0.05) is 13.0 Å². The number of nitrogens with one attached hydrogen (secondary N) is 1. The summed E-state index contributed by atoms with van der Waals surface area (Å²) in [5.41, 5.74) is 1.93. The topological polar surface area (TPSA) is 91.6 Å². The van der Waals surface area contributed by atoms with Crippen molar-refractivity contribution in [3.63, 3.8) is 0 Å². The lowest BCUT2D eigenvalue weighted by Crippen LogP contribution is -2.33. The summed E-state index contributed by atoms with van der Waals surface area (Å²) < 4.78 is 0. The molecular formula is C23H29N5O3. The van der Waals surface area contributed by atoms with Crippen LogP contribution in [-0.2, 0) is 6.54 Å². The summed E-state index contributed by atoms with van der Waals surface area (Å²) in [6.45, 7) is 6.38. The lowest BCUT2D eigenvalue weighted by molar-refractivity contribution is -0.384. The summed E-state index contributed by atoms with van der Waals surface area (Å²) in [6, 6.07) is 8.51. The molecule has 0 aliphatic carbocycles. The average Bonchev–Trinajstić information content (AvgIpc) is 3.33. The highest BCUT2D eigenvalue weighted by Gasteiger charge is 2.22. The highest BCUT2D eigenvalue weighted by Crippen LogP contribution is 2.28. The van der Waals surface area contributed by atoms with Gasteiger partial charge in [-0.05, 0) is 49.3 Å². The molecule has 0 saturated carbocycles. The number of carbonyl (C=O) groups is 1. The molecule has 1 amide bonds. The van der Waals surface area contributed by atoms with Gasteiger partial charge < -0.3 is 15.1 Å². The fourth-order valence-electron chi connectivity index (χ4n) is 4.28. The van der Waals surface area contributed by atoms with Crippen LogP contribution < -0.4 is 15.1 Å². The Hall–Kier alpha value is -3.16. The standard InChI is InChI=1S/C23H29N5O3/c1-17-8-12-27(13-9-17)22-7-4-18(15-24-22)16-25-23(29)20-14-19(28(30)31)5-6-21(20)26-10-2-3-11-26/h4-7,14-15,17H,2-3,8-13,16H2,1H3,(H,25,29). The van der Waals surface area contributed by atoms with E-state index in [0.717, 1.165) is 62.0 Å². The van der Waals surface area contributed by atoms with Crippen molar-refractivity contribution in [2.24, 2.45) is 5.92 Å². The summed E-state index contributed by atoms with van der Waals surface area (Å²) in [5, 5.41) is 14.1. The Labute approximate surface area is 182 Å². The van der Waals surface area contributed by atoms with E-state index in [9.17, 15) is 14.9 Å². The van der Waals surface area contributed by atoms with Crippen LogP contribution in [0.3, 0.4) is 0 Å². The molecule has 2 saturated heterocycles. The van der Waals surface area contributed by atoms with Crippen LogP contribution in [0.1, 0.15) is 48.5 Å². The van der Waals surface area contributed by atoms with Gasteiger partial charge in [0.1, 0.15) is 5.82 Å². The highest BCUT2D eigenvalue weighted by molar-refractivity contribution is 6.00. The summed E-state index contributed by atoms with van der Waals surface area (Å²) >= 11 is 0. The van der Waals surface area contributed by atoms with Gasteiger partial charge in [-0.2, -0.15) is 0 Å². The number of nitro groups is 1. The Balaban J connectivity index is 1.43. The Morgan fingerprint density at radius 1 is 1.13 bits per heavy atom. The molecule has 8 heteroatoms. The summed E-state index contributed by atoms with van der Waals surface area (Å²) in [7, 11) is 0. The molecule has 0 atom stereocenters. The zero-order valence-corrected chi connectivity index (χ0v) is 17.9. The largest absolute Gasteiger partial charge is 0.371 e. The molecule has 1 aromatic carbocycles. The van der Waals surface area contributed by atoms with E-state index in [-0.39, 0.29) is 11.6 Å². The van der Waals surface area contributed by atoms with E-state index in [4.69, 9.17) is 0 Å². The Morgan fingerprint density at radius 2 is 1.87 bits per heavy atom. The fourth-order valence-corrected chi connectivity index (χ4v) is 4.28. The summed E-state index contributed by atoms with van der Waals surface area (Å²) in [6.07, 6.45) is 6.28. The number of carbonyl (C=O) groups excluding carboxylic acids is 1. The van der Waals surface area contributed by atoms with E-state index < -0.39 is 4.92 Å². The van der Waals surface area contributed by atoms with E-state index in [1.54, 1.807) is 12.3 Å². The first kappa shape index (κ1) is 21.1. The van der Waals surface area contributed by atoms with Crippen molar-refractivity contribution in [1.29, 1.82) is 0 Å². The van der Waals surface area contributed by atoms with Crippen molar-refractivity contribution in [3.05, 3.63) is 57.8 Å². The molecule has 3 heterocycles. The first-order valence-electron chi connectivity index (χ1n) is 11.0. The minimum Gasteiger partial charge on any atom is -0.371 e. The number of nitrogens with zero attached hydrogens (tertiary/aromatic N) is 4. The first-order valence-corrected chi connectivity index (χ1v) is 11.0. The van der Waals surface area contributed by atoms with Gasteiger partial charge in [0, 0.05) is 51.1 Å². The van der Waals surface area contributed by atoms with E-state index in [1.807, 2.05) is 12.1 Å². The molecule has 0 unspecified atom stereocenters. The van der Waals surface area contributed by atoms with Crippen LogP contribution >= 0.6 is 0 Å². The van der Waals surface area contributed by atoms with Crippen molar-refractivity contribution in [1.82, 2.24) is 10.3 Å². The molecule has 164 valence electrons. The minimum absolute atomic E-state index is 0.0741. The lowest BCUT2D eigenvalue weighted by Gasteiger charge is -2.31. The van der Waals surface area contributed by atoms with Crippen LogP contribution in [0.25, 0.3) is 0 Å². The quantitative estimate of drug-likeness (QED) is 0.562. The number of rotatable bonds is 6. The Kier molecular flexibility index (Phi) is 6.34. The van der Waals surface area contributed by atoms with E-state index in [1.165, 1.54) is 25.0 Å². The molecule has 31 heavy (non-hydrogen) atoms. The molecule has 2 aliphatic heterocycles. The maximum absolute atomic E-state index is 12.9. The number of amides is 1. The molecule has 2 fully saturated rings. The van der Waals surface area contributed by atoms with Crippen LogP contribution in [0, 0.1) is 16.0 Å². The fraction of sp³-hybridized carbons (Fsp3) is 0.478. The third-order valence-electron chi connectivity index (χ3n) is 6.25. The monoisotopic (exact) mass is 423 g/mol. The van der Waals surface area contributed by atoms with Gasteiger partial charge in [-0.25, -0.2) is 4.98 Å². The third-order valence-corrected chi connectivity index (χ3v) is 6.25. The van der Waals surface area contributed by atoms with E-state index in [2.05, 4.69) is 27.0 Å². The van der Waals surface area contributed by atoms with Crippen molar-refractivity contribution in [2.45, 2.75) is 39.2 Å². The van der Waals surface area contributed by atoms with E-state index >= 15 is 0 Å². The second-order valence-corrected chi connectivity index (χ2v) is 8.53. The molecule has 0 bridgehead atoms. The predicted octanol–water partition coefficient (Wildman–Crippen LogP) is 3.76. The second-order valence-electron chi connectivity index (χ2n) is 8.53. The smallest absolute Gasteiger partial charge is 0.270 e. The Bertz CT molecular complexity index is 933. The number of pyridine rings is 1. The van der Waals surface area contributed by atoms with Crippen molar-refractivity contribution in [2.75, 3.05) is 36.0 Å². The molecule has 2 aromatic rings. The van der Waals surface area contributed by atoms with Crippen molar-refractivity contribution < 1.29 is 9.72 Å². The number of piperidine rings is 1. The maximum atomic E-state index is 12.9. The molecule has 8 nitrogen and oxygen atoms in total. The van der Waals surface area contributed by atoms with Gasteiger partial charge in [0.2, 0.25) is 0 Å². The van der Waals surface area contributed by atoms with Gasteiger partial charge in [0.05, 0.1) is 16.2 Å². The summed E-state index contributed by atoms with van der Waals surface area (Å²) in [4.78, 5) is 32.7. The number of hydrogen-bond donors (Lipinski definition) is 1. The van der Waals surface area contributed by atoms with E-state index in [0.29, 0.717) is 12.1 Å². The molecule has 1 N–H and O–H groups in total. The highest BCUT2D eigenvalue weighted by atomic mass is 16.6. The van der Waals surface area contributed by atoms with Gasteiger partial charge in [-0.15, -0.1) is 0 Å². The van der Waals surface area contributed by atoms with Crippen molar-refractivity contribution in [3.8, 4) is 0 Å². The number of non-ortho nitro benzene ring substituents is 1. The molecular weight excluding hydrogens is 394 g/mol. The predicted molar refractivity (Wildman–Crippen MR) is 121 cm³/mol. The number of anilines is 2. The SMILES string of the molecule is CC1CCN(c2ccc(CNC(=O)c3cc([N+](=O)[O-])ccc3N3CCCC3)cn2)CC1. The van der Waals surface area contributed by atoms with Crippen LogP contribution in [0.15, 0.2) is 36.5 Å². The zero-order valence-electron chi connectivity index (χ0n) is 17.9. The van der Waals surface area contributed by atoms with Crippen LogP contribution in [-0.4, -0.2) is 42.0 Å². The van der Waals surface area contributed by atoms with Crippen LogP contribution in [0.4, 0.5) is 17.2 Å². The van der Waals surface area contributed by atoms with Gasteiger partial charge >= 0.3 is 0 Å². The molecule has 0 spiro atoms. The van der Waals surface area contributed by atoms with Gasteiger partial charge in [0.15, 0.2) is 0 Å². The van der Waals surface area contributed by atoms with Gasteiger partial charge in [0.25, 0.3) is 11.6 Å². The second kappa shape index (κ2) is 9.32. The zero-order chi connectivity index (χ0) is 21.8.